The number of hydrazine groups is 1. The SMILES string of the molecule is OCCC1CCNN1c1ccccc1. The number of aliphatic hydroxyl groups excluding tert-OH is 1. The molecule has 0 amide bonds. The number of para-hydroxylation sites is 1. The standard InChI is InChI=1S/C11H16N2O/c14-9-7-11-6-8-12-13(11)10-4-2-1-3-5-10/h1-5,11-12,14H,6-9H2. The molecule has 0 saturated carbocycles. The summed E-state index contributed by atoms with van der Waals surface area (Å²) < 4.78 is 0. The Hall–Kier alpha value is -1.06. The van der Waals surface area contributed by atoms with Crippen molar-refractivity contribution in [2.24, 2.45) is 0 Å². The third kappa shape index (κ3) is 1.89. The quantitative estimate of drug-likeness (QED) is 0.754. The van der Waals surface area contributed by atoms with E-state index >= 15 is 0 Å². The number of anilines is 1. The first-order valence-electron chi connectivity index (χ1n) is 5.10. The fourth-order valence-corrected chi connectivity index (χ4v) is 1.92. The second-order valence-electron chi connectivity index (χ2n) is 3.57. The maximum atomic E-state index is 8.94. The molecule has 3 heteroatoms. The van der Waals surface area contributed by atoms with Crippen LogP contribution in [-0.4, -0.2) is 24.3 Å². The van der Waals surface area contributed by atoms with Gasteiger partial charge >= 0.3 is 0 Å². The lowest BCUT2D eigenvalue weighted by Crippen LogP contribution is -2.37. The largest absolute Gasteiger partial charge is 0.396 e. The van der Waals surface area contributed by atoms with Crippen molar-refractivity contribution in [3.05, 3.63) is 30.3 Å². The van der Waals surface area contributed by atoms with E-state index in [0.717, 1.165) is 19.4 Å². The maximum absolute atomic E-state index is 8.94. The predicted molar refractivity (Wildman–Crippen MR) is 57.0 cm³/mol. The topological polar surface area (TPSA) is 35.5 Å². The average Bonchev–Trinajstić information content (AvgIpc) is 2.68. The minimum atomic E-state index is 0.260. The summed E-state index contributed by atoms with van der Waals surface area (Å²) >= 11 is 0. The van der Waals surface area contributed by atoms with Gasteiger partial charge < -0.3 is 10.1 Å². The molecule has 1 aliphatic rings. The molecular weight excluding hydrogens is 176 g/mol. The van der Waals surface area contributed by atoms with Gasteiger partial charge in [-0.15, -0.1) is 0 Å². The number of aliphatic hydroxyl groups is 1. The highest BCUT2D eigenvalue weighted by molar-refractivity contribution is 5.46. The van der Waals surface area contributed by atoms with Crippen molar-refractivity contribution in [3.63, 3.8) is 0 Å². The van der Waals surface area contributed by atoms with E-state index in [0.29, 0.717) is 6.04 Å². The molecule has 1 heterocycles. The van der Waals surface area contributed by atoms with Crippen molar-refractivity contribution >= 4 is 5.69 Å². The lowest BCUT2D eigenvalue weighted by atomic mass is 10.1. The van der Waals surface area contributed by atoms with E-state index in [2.05, 4.69) is 22.6 Å². The molecule has 1 fully saturated rings. The van der Waals surface area contributed by atoms with E-state index in [1.807, 2.05) is 18.2 Å². The summed E-state index contributed by atoms with van der Waals surface area (Å²) in [5.41, 5.74) is 4.51. The van der Waals surface area contributed by atoms with Gasteiger partial charge in [-0.1, -0.05) is 18.2 Å². The minimum absolute atomic E-state index is 0.260. The average molecular weight is 192 g/mol. The molecule has 0 spiro atoms. The van der Waals surface area contributed by atoms with Crippen molar-refractivity contribution < 1.29 is 5.11 Å². The molecule has 1 saturated heterocycles. The number of hydrogen-bond donors (Lipinski definition) is 2. The first kappa shape index (κ1) is 9.49. The number of nitrogens with zero attached hydrogens (tertiary/aromatic N) is 1. The van der Waals surface area contributed by atoms with Crippen molar-refractivity contribution in [2.45, 2.75) is 18.9 Å². The van der Waals surface area contributed by atoms with Gasteiger partial charge in [0.25, 0.3) is 0 Å². The molecule has 2 rings (SSSR count). The van der Waals surface area contributed by atoms with Crippen LogP contribution >= 0.6 is 0 Å². The van der Waals surface area contributed by atoms with Crippen LogP contribution in [0.25, 0.3) is 0 Å². The molecule has 1 unspecified atom stereocenters. The summed E-state index contributed by atoms with van der Waals surface area (Å²) in [5.74, 6) is 0. The Morgan fingerprint density at radius 2 is 2.14 bits per heavy atom. The Labute approximate surface area is 84.3 Å². The van der Waals surface area contributed by atoms with Crippen LogP contribution in [0.3, 0.4) is 0 Å². The molecule has 0 bridgehead atoms. The Morgan fingerprint density at radius 3 is 2.86 bits per heavy atom. The van der Waals surface area contributed by atoms with Gasteiger partial charge in [-0.25, -0.2) is 5.43 Å². The zero-order chi connectivity index (χ0) is 9.80. The van der Waals surface area contributed by atoms with Crippen LogP contribution < -0.4 is 10.4 Å². The second-order valence-corrected chi connectivity index (χ2v) is 3.57. The van der Waals surface area contributed by atoms with Crippen molar-refractivity contribution in [3.8, 4) is 0 Å². The normalized spacial score (nSPS) is 21.5. The lowest BCUT2D eigenvalue weighted by Gasteiger charge is -2.25. The Bertz CT molecular complexity index is 276. The van der Waals surface area contributed by atoms with Gasteiger partial charge in [0.1, 0.15) is 0 Å². The van der Waals surface area contributed by atoms with Crippen LogP contribution in [-0.2, 0) is 0 Å². The van der Waals surface area contributed by atoms with Crippen LogP contribution in [0.1, 0.15) is 12.8 Å². The number of nitrogens with one attached hydrogen (secondary N) is 1. The molecule has 1 aromatic carbocycles. The van der Waals surface area contributed by atoms with Crippen molar-refractivity contribution in [1.82, 2.24) is 5.43 Å². The molecule has 3 nitrogen and oxygen atoms in total. The molecule has 76 valence electrons. The van der Waals surface area contributed by atoms with Crippen LogP contribution in [0.5, 0.6) is 0 Å². The van der Waals surface area contributed by atoms with Crippen LogP contribution in [0.4, 0.5) is 5.69 Å². The molecule has 1 aromatic rings. The molecule has 0 radical (unpaired) electrons. The summed E-state index contributed by atoms with van der Waals surface area (Å²) in [6, 6.07) is 10.7. The smallest absolute Gasteiger partial charge is 0.0522 e. The molecule has 0 aliphatic carbocycles. The fraction of sp³-hybridized carbons (Fsp3) is 0.455. The van der Waals surface area contributed by atoms with E-state index in [-0.39, 0.29) is 6.61 Å². The zero-order valence-electron chi connectivity index (χ0n) is 8.19. The Kier molecular flexibility index (Phi) is 3.01. The number of hydrogen-bond acceptors (Lipinski definition) is 3. The molecule has 14 heavy (non-hydrogen) atoms. The van der Waals surface area contributed by atoms with E-state index in [4.69, 9.17) is 5.11 Å². The number of rotatable bonds is 3. The Morgan fingerprint density at radius 1 is 1.36 bits per heavy atom. The first-order chi connectivity index (χ1) is 6.92. The van der Waals surface area contributed by atoms with Crippen molar-refractivity contribution in [2.75, 3.05) is 18.2 Å². The van der Waals surface area contributed by atoms with E-state index in [9.17, 15) is 0 Å². The maximum Gasteiger partial charge on any atom is 0.0522 e. The predicted octanol–water partition coefficient (Wildman–Crippen LogP) is 1.15. The summed E-state index contributed by atoms with van der Waals surface area (Å²) in [6.45, 7) is 1.26. The first-order valence-corrected chi connectivity index (χ1v) is 5.10. The summed E-state index contributed by atoms with van der Waals surface area (Å²) in [7, 11) is 0. The molecule has 1 aliphatic heterocycles. The van der Waals surface area contributed by atoms with E-state index in [1.165, 1.54) is 5.69 Å². The third-order valence-corrected chi connectivity index (χ3v) is 2.62. The van der Waals surface area contributed by atoms with Gasteiger partial charge in [-0.3, -0.25) is 0 Å². The van der Waals surface area contributed by atoms with Crippen LogP contribution in [0.2, 0.25) is 0 Å². The molecule has 1 atom stereocenters. The summed E-state index contributed by atoms with van der Waals surface area (Å²) in [6.07, 6.45) is 1.94. The zero-order valence-corrected chi connectivity index (χ0v) is 8.19. The number of benzene rings is 1. The lowest BCUT2D eigenvalue weighted by molar-refractivity contribution is 0.275. The highest BCUT2D eigenvalue weighted by atomic mass is 16.3. The highest BCUT2D eigenvalue weighted by Gasteiger charge is 2.23. The van der Waals surface area contributed by atoms with Gasteiger partial charge in [0.2, 0.25) is 0 Å². The van der Waals surface area contributed by atoms with Gasteiger partial charge in [0, 0.05) is 19.2 Å². The fourth-order valence-electron chi connectivity index (χ4n) is 1.92. The second kappa shape index (κ2) is 4.44. The molecular formula is C11H16N2O. The van der Waals surface area contributed by atoms with Gasteiger partial charge in [-0.05, 0) is 25.0 Å². The summed E-state index contributed by atoms with van der Waals surface area (Å²) in [4.78, 5) is 0. The summed E-state index contributed by atoms with van der Waals surface area (Å²) in [5, 5.41) is 11.1. The van der Waals surface area contributed by atoms with E-state index in [1.54, 1.807) is 0 Å². The van der Waals surface area contributed by atoms with Crippen LogP contribution in [0.15, 0.2) is 30.3 Å². The van der Waals surface area contributed by atoms with Crippen LogP contribution in [0, 0.1) is 0 Å². The Balaban J connectivity index is 2.10. The third-order valence-electron chi connectivity index (χ3n) is 2.62. The minimum Gasteiger partial charge on any atom is -0.396 e. The van der Waals surface area contributed by atoms with Gasteiger partial charge in [0.05, 0.1) is 5.69 Å². The molecule has 2 N–H and O–H groups in total. The molecule has 0 aromatic heterocycles. The monoisotopic (exact) mass is 192 g/mol. The van der Waals surface area contributed by atoms with Gasteiger partial charge in [-0.2, -0.15) is 0 Å². The van der Waals surface area contributed by atoms with Gasteiger partial charge in [0.15, 0.2) is 0 Å². The van der Waals surface area contributed by atoms with E-state index < -0.39 is 0 Å². The van der Waals surface area contributed by atoms with Crippen molar-refractivity contribution in [1.29, 1.82) is 0 Å². The highest BCUT2D eigenvalue weighted by Crippen LogP contribution is 2.21.